The number of rotatable bonds is 6. The predicted molar refractivity (Wildman–Crippen MR) is 80.9 cm³/mol. The molecule has 108 valence electrons. The predicted octanol–water partition coefficient (Wildman–Crippen LogP) is 2.72. The summed E-state index contributed by atoms with van der Waals surface area (Å²) in [4.78, 5) is 4.32. The highest BCUT2D eigenvalue weighted by Crippen LogP contribution is 2.26. The smallest absolute Gasteiger partial charge is 0.0994 e. The number of para-hydroxylation sites is 1. The summed E-state index contributed by atoms with van der Waals surface area (Å²) in [5, 5.41) is 0. The molecule has 1 aromatic carbocycles. The fourth-order valence-corrected chi connectivity index (χ4v) is 2.54. The van der Waals surface area contributed by atoms with Gasteiger partial charge in [-0.25, -0.2) is 4.98 Å². The maximum atomic E-state index is 5.94. The molecule has 4 nitrogen and oxygen atoms in total. The number of aromatic nitrogens is 2. The van der Waals surface area contributed by atoms with Gasteiger partial charge in [-0.2, -0.15) is 0 Å². The molecular weight excluding hydrogens is 250 g/mol. The van der Waals surface area contributed by atoms with Crippen molar-refractivity contribution >= 4 is 0 Å². The number of nitrogens with two attached hydrogens (primary N) is 1. The lowest BCUT2D eigenvalue weighted by Crippen LogP contribution is -2.20. The first-order valence-corrected chi connectivity index (χ1v) is 6.98. The summed E-state index contributed by atoms with van der Waals surface area (Å²) >= 11 is 0. The zero-order valence-corrected chi connectivity index (χ0v) is 12.4. The number of imidazole rings is 1. The van der Waals surface area contributed by atoms with Crippen LogP contribution in [-0.2, 0) is 11.3 Å². The van der Waals surface area contributed by atoms with E-state index >= 15 is 0 Å². The molecule has 0 aliphatic carbocycles. The van der Waals surface area contributed by atoms with Gasteiger partial charge in [-0.05, 0) is 12.0 Å². The molecule has 1 atom stereocenters. The SMILES string of the molecule is COCc1ccccc1-n1cncc1C(CN)C(C)C. The zero-order valence-electron chi connectivity index (χ0n) is 12.4. The summed E-state index contributed by atoms with van der Waals surface area (Å²) in [5.41, 5.74) is 9.36. The number of nitrogens with zero attached hydrogens (tertiary/aromatic N) is 2. The first kappa shape index (κ1) is 14.8. The highest BCUT2D eigenvalue weighted by molar-refractivity contribution is 5.42. The van der Waals surface area contributed by atoms with E-state index in [0.717, 1.165) is 16.9 Å². The summed E-state index contributed by atoms with van der Waals surface area (Å²) in [6.45, 7) is 5.59. The number of ether oxygens (including phenoxy) is 1. The van der Waals surface area contributed by atoms with Crippen LogP contribution in [0.5, 0.6) is 0 Å². The van der Waals surface area contributed by atoms with Crippen molar-refractivity contribution in [3.05, 3.63) is 48.0 Å². The van der Waals surface area contributed by atoms with Gasteiger partial charge in [-0.3, -0.25) is 0 Å². The standard InChI is InChI=1S/C16H23N3O/c1-12(2)14(8-17)16-9-18-11-19(16)15-7-5-4-6-13(15)10-20-3/h4-7,9,11-12,14H,8,10,17H2,1-3H3. The van der Waals surface area contributed by atoms with Crippen molar-refractivity contribution in [2.75, 3.05) is 13.7 Å². The minimum absolute atomic E-state index is 0.299. The van der Waals surface area contributed by atoms with Crippen LogP contribution >= 0.6 is 0 Å². The summed E-state index contributed by atoms with van der Waals surface area (Å²) in [5.74, 6) is 0.776. The minimum Gasteiger partial charge on any atom is -0.380 e. The minimum atomic E-state index is 0.299. The van der Waals surface area contributed by atoms with E-state index in [9.17, 15) is 0 Å². The Kier molecular flexibility index (Phi) is 4.93. The first-order chi connectivity index (χ1) is 9.69. The summed E-state index contributed by atoms with van der Waals surface area (Å²) in [6, 6.07) is 8.23. The summed E-state index contributed by atoms with van der Waals surface area (Å²) < 4.78 is 7.41. The molecule has 0 saturated carbocycles. The molecule has 4 heteroatoms. The van der Waals surface area contributed by atoms with Gasteiger partial charge in [0.1, 0.15) is 0 Å². The lowest BCUT2D eigenvalue weighted by molar-refractivity contribution is 0.184. The largest absolute Gasteiger partial charge is 0.380 e. The van der Waals surface area contributed by atoms with Gasteiger partial charge in [0, 0.05) is 37.0 Å². The van der Waals surface area contributed by atoms with Crippen molar-refractivity contribution in [1.29, 1.82) is 0 Å². The Morgan fingerprint density at radius 2 is 2.05 bits per heavy atom. The van der Waals surface area contributed by atoms with Gasteiger partial charge in [-0.1, -0.05) is 32.0 Å². The second kappa shape index (κ2) is 6.68. The normalized spacial score (nSPS) is 12.8. The first-order valence-electron chi connectivity index (χ1n) is 6.98. The van der Waals surface area contributed by atoms with Gasteiger partial charge in [0.15, 0.2) is 0 Å². The van der Waals surface area contributed by atoms with Gasteiger partial charge in [0.25, 0.3) is 0 Å². The molecule has 20 heavy (non-hydrogen) atoms. The van der Waals surface area contributed by atoms with E-state index in [0.29, 0.717) is 25.0 Å². The molecule has 0 radical (unpaired) electrons. The second-order valence-corrected chi connectivity index (χ2v) is 5.34. The van der Waals surface area contributed by atoms with E-state index in [1.54, 1.807) is 7.11 Å². The average Bonchev–Trinajstić information content (AvgIpc) is 2.89. The average molecular weight is 273 g/mol. The van der Waals surface area contributed by atoms with Crippen molar-refractivity contribution in [1.82, 2.24) is 9.55 Å². The van der Waals surface area contributed by atoms with Gasteiger partial charge in [0.05, 0.1) is 18.6 Å². The Morgan fingerprint density at radius 1 is 1.30 bits per heavy atom. The molecule has 1 unspecified atom stereocenters. The van der Waals surface area contributed by atoms with Gasteiger partial charge < -0.3 is 15.0 Å². The molecule has 0 aliphatic heterocycles. The Bertz CT molecular complexity index is 548. The molecule has 0 bridgehead atoms. The summed E-state index contributed by atoms with van der Waals surface area (Å²) in [6.07, 6.45) is 3.77. The topological polar surface area (TPSA) is 53.1 Å². The fraction of sp³-hybridized carbons (Fsp3) is 0.438. The lowest BCUT2D eigenvalue weighted by Gasteiger charge is -2.21. The number of hydrogen-bond acceptors (Lipinski definition) is 3. The van der Waals surface area contributed by atoms with Gasteiger partial charge >= 0.3 is 0 Å². The maximum Gasteiger partial charge on any atom is 0.0994 e. The third-order valence-corrected chi connectivity index (χ3v) is 3.66. The van der Waals surface area contributed by atoms with Crippen molar-refractivity contribution < 1.29 is 4.74 Å². The van der Waals surface area contributed by atoms with Crippen LogP contribution in [0.1, 0.15) is 31.0 Å². The van der Waals surface area contributed by atoms with Crippen molar-refractivity contribution in [2.24, 2.45) is 11.7 Å². The van der Waals surface area contributed by atoms with E-state index in [2.05, 4.69) is 35.5 Å². The molecule has 1 heterocycles. The molecular formula is C16H23N3O. The molecule has 2 rings (SSSR count). The molecule has 0 amide bonds. The van der Waals surface area contributed by atoms with Crippen molar-refractivity contribution in [3.8, 4) is 5.69 Å². The van der Waals surface area contributed by atoms with Crippen LogP contribution in [0.2, 0.25) is 0 Å². The Balaban J connectivity index is 2.47. The highest BCUT2D eigenvalue weighted by atomic mass is 16.5. The molecule has 0 spiro atoms. The molecule has 2 aromatic rings. The van der Waals surface area contributed by atoms with Gasteiger partial charge in [-0.15, -0.1) is 0 Å². The highest BCUT2D eigenvalue weighted by Gasteiger charge is 2.19. The van der Waals surface area contributed by atoms with E-state index in [-0.39, 0.29) is 0 Å². The van der Waals surface area contributed by atoms with E-state index in [1.165, 1.54) is 0 Å². The van der Waals surface area contributed by atoms with E-state index < -0.39 is 0 Å². The van der Waals surface area contributed by atoms with E-state index in [4.69, 9.17) is 10.5 Å². The number of methoxy groups -OCH3 is 1. The Morgan fingerprint density at radius 3 is 2.70 bits per heavy atom. The molecule has 0 fully saturated rings. The Labute approximate surface area is 120 Å². The van der Waals surface area contributed by atoms with Crippen LogP contribution in [0.3, 0.4) is 0 Å². The molecule has 1 aromatic heterocycles. The monoisotopic (exact) mass is 273 g/mol. The maximum absolute atomic E-state index is 5.94. The second-order valence-electron chi connectivity index (χ2n) is 5.34. The van der Waals surface area contributed by atoms with Crippen LogP contribution in [0.4, 0.5) is 0 Å². The van der Waals surface area contributed by atoms with Crippen molar-refractivity contribution in [3.63, 3.8) is 0 Å². The van der Waals surface area contributed by atoms with E-state index in [1.807, 2.05) is 24.7 Å². The van der Waals surface area contributed by atoms with Crippen molar-refractivity contribution in [2.45, 2.75) is 26.4 Å². The molecule has 2 N–H and O–H groups in total. The van der Waals surface area contributed by atoms with Crippen LogP contribution in [0.15, 0.2) is 36.8 Å². The van der Waals surface area contributed by atoms with Crippen LogP contribution in [-0.4, -0.2) is 23.2 Å². The molecule has 0 saturated heterocycles. The van der Waals surface area contributed by atoms with Crippen LogP contribution in [0.25, 0.3) is 5.69 Å². The number of benzene rings is 1. The third kappa shape index (κ3) is 2.92. The fourth-order valence-electron chi connectivity index (χ4n) is 2.54. The zero-order chi connectivity index (χ0) is 14.5. The third-order valence-electron chi connectivity index (χ3n) is 3.66. The van der Waals surface area contributed by atoms with Crippen LogP contribution < -0.4 is 5.73 Å². The van der Waals surface area contributed by atoms with Gasteiger partial charge in [0.2, 0.25) is 0 Å². The van der Waals surface area contributed by atoms with Crippen LogP contribution in [0, 0.1) is 5.92 Å². The summed E-state index contributed by atoms with van der Waals surface area (Å²) in [7, 11) is 1.71. The molecule has 0 aliphatic rings. The lowest BCUT2D eigenvalue weighted by atomic mass is 9.92. The number of hydrogen-bond donors (Lipinski definition) is 1. The Hall–Kier alpha value is -1.65. The quantitative estimate of drug-likeness (QED) is 0.880.